The van der Waals surface area contributed by atoms with Crippen molar-refractivity contribution in [2.24, 2.45) is 0 Å². The molecule has 2 aromatic carbocycles. The highest BCUT2D eigenvalue weighted by molar-refractivity contribution is 8.26. The molecule has 0 radical (unpaired) electrons. The van der Waals surface area contributed by atoms with Gasteiger partial charge in [0, 0.05) is 30.6 Å². The van der Waals surface area contributed by atoms with Crippen molar-refractivity contribution >= 4 is 57.0 Å². The maximum Gasteiger partial charge on any atom is 0.266 e. The predicted molar refractivity (Wildman–Crippen MR) is 142 cm³/mol. The molecular weight excluding hydrogens is 446 g/mol. The van der Waals surface area contributed by atoms with E-state index in [1.807, 2.05) is 24.3 Å². The van der Waals surface area contributed by atoms with Crippen molar-refractivity contribution in [2.75, 3.05) is 24.5 Å². The average Bonchev–Trinajstić information content (AvgIpc) is 3.12. The van der Waals surface area contributed by atoms with Crippen LogP contribution in [0.4, 0.5) is 5.82 Å². The van der Waals surface area contributed by atoms with Gasteiger partial charge in [-0.3, -0.25) is 9.69 Å². The number of amides is 1. The second-order valence-corrected chi connectivity index (χ2v) is 10.2. The Bertz CT molecular complexity index is 1200. The Kier molecular flexibility index (Phi) is 6.74. The number of thiocarbonyl (C=S) groups is 1. The molecule has 0 bridgehead atoms. The average molecular weight is 474 g/mol. The normalized spacial score (nSPS) is 18.0. The number of carbonyl (C=O) groups is 1. The van der Waals surface area contributed by atoms with E-state index in [1.54, 1.807) is 4.90 Å². The molecule has 0 unspecified atom stereocenters. The summed E-state index contributed by atoms with van der Waals surface area (Å²) in [6, 6.07) is 20.7. The van der Waals surface area contributed by atoms with Crippen LogP contribution in [0.25, 0.3) is 17.0 Å². The molecule has 1 aromatic heterocycles. The van der Waals surface area contributed by atoms with Gasteiger partial charge in [0.05, 0.1) is 10.4 Å². The minimum absolute atomic E-state index is 0.0100. The number of benzene rings is 2. The van der Waals surface area contributed by atoms with Crippen LogP contribution in [0.3, 0.4) is 0 Å². The zero-order valence-electron chi connectivity index (χ0n) is 18.6. The molecule has 1 amide bonds. The molecule has 2 aliphatic rings. The summed E-state index contributed by atoms with van der Waals surface area (Å²) in [4.78, 5) is 23.0. The van der Waals surface area contributed by atoms with Crippen LogP contribution >= 0.6 is 24.0 Å². The lowest BCUT2D eigenvalue weighted by Gasteiger charge is -2.29. The van der Waals surface area contributed by atoms with Crippen LogP contribution in [0.1, 0.15) is 36.8 Å². The van der Waals surface area contributed by atoms with Crippen molar-refractivity contribution in [2.45, 2.75) is 32.1 Å². The SMILES string of the molecule is O=C1/C(=C/c2cc3ccccc3nc2N2CCCCC2)SC(=S)N1CCCc1ccccc1. The third kappa shape index (κ3) is 4.97. The molecular formula is C27H27N3OS2. The van der Waals surface area contributed by atoms with E-state index >= 15 is 0 Å². The fraction of sp³-hybridized carbons (Fsp3) is 0.296. The first kappa shape index (κ1) is 22.1. The molecule has 3 aromatic rings. The molecule has 2 fully saturated rings. The van der Waals surface area contributed by atoms with Gasteiger partial charge in [-0.1, -0.05) is 72.5 Å². The Hall–Kier alpha value is -2.70. The van der Waals surface area contributed by atoms with Crippen LogP contribution in [0, 0.1) is 0 Å². The zero-order valence-corrected chi connectivity index (χ0v) is 20.2. The Morgan fingerprint density at radius 3 is 2.58 bits per heavy atom. The monoisotopic (exact) mass is 473 g/mol. The number of hydrogen-bond acceptors (Lipinski definition) is 5. The summed E-state index contributed by atoms with van der Waals surface area (Å²) in [5.41, 5.74) is 3.27. The molecule has 0 atom stereocenters. The van der Waals surface area contributed by atoms with Crippen LogP contribution in [-0.4, -0.2) is 39.7 Å². The van der Waals surface area contributed by atoms with Crippen molar-refractivity contribution in [3.05, 3.63) is 76.7 Å². The maximum absolute atomic E-state index is 13.2. The van der Waals surface area contributed by atoms with Crippen LogP contribution in [0.5, 0.6) is 0 Å². The number of piperidine rings is 1. The molecule has 2 saturated heterocycles. The van der Waals surface area contributed by atoms with Gasteiger partial charge in [-0.05, 0) is 55.9 Å². The van der Waals surface area contributed by atoms with Gasteiger partial charge in [0.25, 0.3) is 5.91 Å². The van der Waals surface area contributed by atoms with Crippen molar-refractivity contribution in [3.63, 3.8) is 0 Å². The number of para-hydroxylation sites is 1. The van der Waals surface area contributed by atoms with Gasteiger partial charge >= 0.3 is 0 Å². The van der Waals surface area contributed by atoms with Gasteiger partial charge in [-0.2, -0.15) is 0 Å². The standard InChI is InChI=1S/C27H27N3OS2/c31-26-24(33-27(32)30(26)17-9-12-20-10-3-1-4-11-20)19-22-18-21-13-5-6-14-23(21)28-25(22)29-15-7-2-8-16-29/h1,3-6,10-11,13-14,18-19H,2,7-9,12,15-17H2/b24-19-. The highest BCUT2D eigenvalue weighted by atomic mass is 32.2. The van der Waals surface area contributed by atoms with Crippen molar-refractivity contribution in [3.8, 4) is 0 Å². The fourth-order valence-electron chi connectivity index (χ4n) is 4.51. The van der Waals surface area contributed by atoms with Crippen LogP contribution in [0.2, 0.25) is 0 Å². The van der Waals surface area contributed by atoms with Gasteiger partial charge in [0.15, 0.2) is 0 Å². The highest BCUT2D eigenvalue weighted by Crippen LogP contribution is 2.35. The number of thioether (sulfide) groups is 1. The van der Waals surface area contributed by atoms with E-state index < -0.39 is 0 Å². The topological polar surface area (TPSA) is 36.4 Å². The van der Waals surface area contributed by atoms with Crippen LogP contribution in [-0.2, 0) is 11.2 Å². The molecule has 4 nitrogen and oxygen atoms in total. The highest BCUT2D eigenvalue weighted by Gasteiger charge is 2.32. The first-order valence-corrected chi connectivity index (χ1v) is 12.9. The summed E-state index contributed by atoms with van der Waals surface area (Å²) >= 11 is 6.98. The van der Waals surface area contributed by atoms with E-state index in [2.05, 4.69) is 47.4 Å². The maximum atomic E-state index is 13.2. The van der Waals surface area contributed by atoms with Gasteiger partial charge in [-0.15, -0.1) is 0 Å². The number of rotatable bonds is 6. The molecule has 0 spiro atoms. The number of anilines is 1. The van der Waals surface area contributed by atoms with E-state index in [4.69, 9.17) is 17.2 Å². The van der Waals surface area contributed by atoms with Gasteiger partial charge in [-0.25, -0.2) is 4.98 Å². The largest absolute Gasteiger partial charge is 0.356 e. The third-order valence-corrected chi connectivity index (χ3v) is 7.62. The first-order valence-electron chi connectivity index (χ1n) is 11.6. The lowest BCUT2D eigenvalue weighted by Crippen LogP contribution is -2.31. The summed E-state index contributed by atoms with van der Waals surface area (Å²) in [6.45, 7) is 2.66. The van der Waals surface area contributed by atoms with Gasteiger partial charge in [0.1, 0.15) is 10.1 Å². The van der Waals surface area contributed by atoms with Crippen LogP contribution in [0.15, 0.2) is 65.6 Å². The van der Waals surface area contributed by atoms with Crippen LogP contribution < -0.4 is 4.90 Å². The van der Waals surface area contributed by atoms with E-state index in [-0.39, 0.29) is 5.91 Å². The molecule has 3 heterocycles. The summed E-state index contributed by atoms with van der Waals surface area (Å²) in [5.74, 6) is 0.985. The fourth-order valence-corrected chi connectivity index (χ4v) is 5.81. The summed E-state index contributed by atoms with van der Waals surface area (Å²) in [5, 5.41) is 1.09. The minimum Gasteiger partial charge on any atom is -0.356 e. The second kappa shape index (κ2) is 10.1. The molecule has 0 saturated carbocycles. The van der Waals surface area contributed by atoms with Crippen molar-refractivity contribution < 1.29 is 4.79 Å². The quantitative estimate of drug-likeness (QED) is 0.321. The smallest absolute Gasteiger partial charge is 0.266 e. The summed E-state index contributed by atoms with van der Waals surface area (Å²) in [7, 11) is 0. The number of hydrogen-bond donors (Lipinski definition) is 0. The third-order valence-electron chi connectivity index (χ3n) is 6.24. The van der Waals surface area contributed by atoms with E-state index in [9.17, 15) is 4.79 Å². The van der Waals surface area contributed by atoms with Crippen molar-refractivity contribution in [1.82, 2.24) is 9.88 Å². The number of nitrogens with zero attached hydrogens (tertiary/aromatic N) is 3. The molecule has 33 heavy (non-hydrogen) atoms. The minimum atomic E-state index is 0.0100. The molecule has 6 heteroatoms. The molecule has 2 aliphatic heterocycles. The Labute approximate surface area is 204 Å². The van der Waals surface area contributed by atoms with Crippen molar-refractivity contribution in [1.29, 1.82) is 0 Å². The Morgan fingerprint density at radius 1 is 1.00 bits per heavy atom. The number of pyridine rings is 1. The van der Waals surface area contributed by atoms with E-state index in [0.29, 0.717) is 15.8 Å². The first-order chi connectivity index (χ1) is 16.2. The lowest BCUT2D eigenvalue weighted by atomic mass is 10.1. The lowest BCUT2D eigenvalue weighted by molar-refractivity contribution is -0.122. The molecule has 168 valence electrons. The molecule has 0 aliphatic carbocycles. The van der Waals surface area contributed by atoms with Gasteiger partial charge < -0.3 is 4.90 Å². The van der Waals surface area contributed by atoms with Gasteiger partial charge in [0.2, 0.25) is 0 Å². The number of aryl methyl sites for hydroxylation is 1. The summed E-state index contributed by atoms with van der Waals surface area (Å²) in [6.07, 6.45) is 7.45. The molecule has 5 rings (SSSR count). The number of aromatic nitrogens is 1. The molecule has 0 N–H and O–H groups in total. The predicted octanol–water partition coefficient (Wildman–Crippen LogP) is 6.06. The van der Waals surface area contributed by atoms with E-state index in [1.165, 1.54) is 36.6 Å². The number of fused-ring (bicyclic) bond motifs is 1. The second-order valence-electron chi connectivity index (χ2n) is 8.56. The zero-order chi connectivity index (χ0) is 22.6. The summed E-state index contributed by atoms with van der Waals surface area (Å²) < 4.78 is 0.646. The van der Waals surface area contributed by atoms with E-state index in [0.717, 1.165) is 48.2 Å². The Morgan fingerprint density at radius 2 is 1.76 bits per heavy atom. The number of carbonyl (C=O) groups excluding carboxylic acids is 1. The Balaban J connectivity index is 1.39.